The molecule has 1 aliphatic heterocycles. The van der Waals surface area contributed by atoms with Gasteiger partial charge in [-0.3, -0.25) is 4.79 Å². The summed E-state index contributed by atoms with van der Waals surface area (Å²) in [6, 6.07) is 33.6. The summed E-state index contributed by atoms with van der Waals surface area (Å²) in [7, 11) is 6.36. The lowest BCUT2D eigenvalue weighted by Gasteiger charge is -2.64. The Balaban J connectivity index is 0.996. The van der Waals surface area contributed by atoms with Crippen molar-refractivity contribution in [3.63, 3.8) is 0 Å². The fourth-order valence-electron chi connectivity index (χ4n) is 8.74. The third kappa shape index (κ3) is 9.45. The lowest BCUT2D eigenvalue weighted by Crippen LogP contribution is -2.67. The van der Waals surface area contributed by atoms with Gasteiger partial charge in [-0.25, -0.2) is 13.6 Å². The normalized spacial score (nSPS) is 18.7. The number of aliphatic hydroxyl groups is 1. The first-order valence-electron chi connectivity index (χ1n) is 20.8. The lowest BCUT2D eigenvalue weighted by molar-refractivity contribution is -1.03. The summed E-state index contributed by atoms with van der Waals surface area (Å²) in [6.07, 6.45) is 2.31. The number of likely N-dealkylation sites (tertiary alicyclic amines) is 1. The van der Waals surface area contributed by atoms with Crippen LogP contribution in [0.3, 0.4) is 0 Å². The minimum Gasteiger partial charge on any atom is -0.630 e. The highest BCUT2D eigenvalue weighted by Crippen LogP contribution is 2.52. The molecule has 0 radical (unpaired) electrons. The van der Waals surface area contributed by atoms with Gasteiger partial charge in [-0.1, -0.05) is 84.9 Å². The van der Waals surface area contributed by atoms with E-state index in [9.17, 15) is 28.7 Å². The first kappa shape index (κ1) is 42.7. The minimum absolute atomic E-state index is 0.0505. The van der Waals surface area contributed by atoms with Crippen molar-refractivity contribution in [3.8, 4) is 11.1 Å². The van der Waals surface area contributed by atoms with Crippen LogP contribution >= 0.6 is 0 Å². The van der Waals surface area contributed by atoms with Crippen LogP contribution in [0.2, 0.25) is 0 Å². The number of aryl methyl sites for hydroxylation is 1. The van der Waals surface area contributed by atoms with Crippen molar-refractivity contribution < 1.29 is 37.3 Å². The molecule has 4 unspecified atom stereocenters. The Hall–Kier alpha value is -5.46. The molecule has 11 heteroatoms. The molecule has 2 amide bonds. The number of nitrogens with zero attached hydrogens (tertiary/aromatic N) is 2. The number of carbonyl (C=O) groups excluding carboxylic acids is 2. The summed E-state index contributed by atoms with van der Waals surface area (Å²) < 4.78 is 33.2. The molecule has 1 heterocycles. The predicted molar refractivity (Wildman–Crippen MR) is 228 cm³/mol. The number of nitrogens with one attached hydrogen (secondary N) is 2. The van der Waals surface area contributed by atoms with Crippen LogP contribution in [0.15, 0.2) is 121 Å². The van der Waals surface area contributed by atoms with E-state index in [0.717, 1.165) is 62.8 Å². The maximum absolute atomic E-state index is 14.8. The van der Waals surface area contributed by atoms with Crippen LogP contribution in [0, 0.1) is 16.8 Å². The predicted octanol–water partition coefficient (Wildman–Crippen LogP) is 8.60. The van der Waals surface area contributed by atoms with Crippen LogP contribution in [0.4, 0.5) is 13.6 Å². The molecule has 2 aliphatic rings. The van der Waals surface area contributed by atoms with Gasteiger partial charge in [-0.2, -0.15) is 0 Å². The zero-order valence-corrected chi connectivity index (χ0v) is 34.6. The Kier molecular flexibility index (Phi) is 12.8. The molecule has 5 aromatic rings. The minimum atomic E-state index is -1.89. The molecule has 3 N–H and O–H groups in total. The van der Waals surface area contributed by atoms with Crippen LogP contribution in [-0.2, 0) is 28.2 Å². The molecule has 0 spiro atoms. The largest absolute Gasteiger partial charge is 0.630 e. The number of unbranched alkanes of at least 4 members (excludes halogenated alkanes) is 1. The van der Waals surface area contributed by atoms with Crippen LogP contribution in [0.1, 0.15) is 77.4 Å². The van der Waals surface area contributed by atoms with Gasteiger partial charge in [-0.15, -0.1) is 0 Å². The van der Waals surface area contributed by atoms with Crippen molar-refractivity contribution in [3.05, 3.63) is 172 Å². The number of ether oxygens (including phenoxy) is 1. The Bertz CT molecular complexity index is 2220. The van der Waals surface area contributed by atoms with Gasteiger partial charge < -0.3 is 34.8 Å². The first-order valence-corrected chi connectivity index (χ1v) is 20.8. The summed E-state index contributed by atoms with van der Waals surface area (Å²) in [5.74, 6) is -1.27. The fourth-order valence-corrected chi connectivity index (χ4v) is 8.74. The summed E-state index contributed by atoms with van der Waals surface area (Å²) in [6.45, 7) is 1.42. The standard InChI is InChI=1S/C49H54F2N4O5/c1-54(2,3)30-9-8-14-45(53-48(57)60-33-44-42-12-6-4-10-40(42)41-11-5-7-13-43(41)44)47(56)52-32-35-15-19-36(20-16-35)46-28-31-55(46,59)49(58,37-21-25-39(51)26-22-37)29-27-34-17-23-38(50)24-18-34/h4-7,10-13,15-26,44-46,58H,8-9,14,27-33H2,1-3H3,(H-,52,53,56,57)/p+1. The molecule has 7 rings (SSSR count). The number of hydroxylamine groups is 3. The van der Waals surface area contributed by atoms with E-state index in [4.69, 9.17) is 4.74 Å². The Labute approximate surface area is 351 Å². The van der Waals surface area contributed by atoms with E-state index >= 15 is 0 Å². The molecule has 5 aromatic carbocycles. The summed E-state index contributed by atoms with van der Waals surface area (Å²) >= 11 is 0. The number of amides is 2. The van der Waals surface area contributed by atoms with E-state index in [1.807, 2.05) is 48.5 Å². The van der Waals surface area contributed by atoms with Crippen LogP contribution in [0.5, 0.6) is 0 Å². The van der Waals surface area contributed by atoms with Crippen LogP contribution < -0.4 is 10.6 Å². The molecule has 314 valence electrons. The molecule has 0 saturated carbocycles. The summed E-state index contributed by atoms with van der Waals surface area (Å²) in [4.78, 5) is 27.0. The molecule has 1 saturated heterocycles. The van der Waals surface area contributed by atoms with E-state index in [1.165, 1.54) is 36.4 Å². The Morgan fingerprint density at radius 1 is 0.833 bits per heavy atom. The van der Waals surface area contributed by atoms with Crippen molar-refractivity contribution in [1.82, 2.24) is 10.6 Å². The third-order valence-electron chi connectivity index (χ3n) is 12.2. The molecule has 1 aliphatic carbocycles. The van der Waals surface area contributed by atoms with Gasteiger partial charge in [0, 0.05) is 30.0 Å². The van der Waals surface area contributed by atoms with E-state index in [2.05, 4.69) is 56.0 Å². The van der Waals surface area contributed by atoms with Crippen molar-refractivity contribution in [2.75, 3.05) is 40.8 Å². The second-order valence-electron chi connectivity index (χ2n) is 17.3. The zero-order chi connectivity index (χ0) is 42.5. The number of hydrogen-bond acceptors (Lipinski definition) is 5. The van der Waals surface area contributed by atoms with Crippen molar-refractivity contribution >= 4 is 12.0 Å². The van der Waals surface area contributed by atoms with Gasteiger partial charge in [0.2, 0.25) is 11.6 Å². The van der Waals surface area contributed by atoms with E-state index in [-0.39, 0.29) is 43.8 Å². The molecule has 1 fully saturated rings. The number of rotatable bonds is 17. The monoisotopic (exact) mass is 817 g/mol. The quantitative estimate of drug-likeness (QED) is 0.0495. The van der Waals surface area contributed by atoms with Gasteiger partial charge in [0.15, 0.2) is 0 Å². The maximum Gasteiger partial charge on any atom is 0.407 e. The molecule has 9 nitrogen and oxygen atoms in total. The molecule has 4 atom stereocenters. The average molecular weight is 818 g/mol. The smallest absolute Gasteiger partial charge is 0.407 e. The molecular weight excluding hydrogens is 763 g/mol. The molecule has 0 bridgehead atoms. The van der Waals surface area contributed by atoms with Gasteiger partial charge in [0.25, 0.3) is 0 Å². The highest BCUT2D eigenvalue weighted by atomic mass is 19.1. The van der Waals surface area contributed by atoms with Gasteiger partial charge in [0.1, 0.15) is 30.3 Å². The molecular formula is C49H55F2N4O5+. The van der Waals surface area contributed by atoms with Crippen LogP contribution in [0.25, 0.3) is 11.1 Å². The molecule has 60 heavy (non-hydrogen) atoms. The summed E-state index contributed by atoms with van der Waals surface area (Å²) in [5.41, 5.74) is 5.22. The molecule has 0 aromatic heterocycles. The SMILES string of the molecule is C[N+](C)(C)CCCCC(NC(=O)OCC1c2ccccc2-c2ccccc21)C(=O)NCc1ccc(C2CC[N+]2([O-])C(O)(CCc2ccc(F)cc2)c2ccc(F)cc2)cc1. The Morgan fingerprint density at radius 3 is 2.00 bits per heavy atom. The van der Waals surface area contributed by atoms with E-state index in [1.54, 1.807) is 12.1 Å². The maximum atomic E-state index is 14.8. The van der Waals surface area contributed by atoms with E-state index in [0.29, 0.717) is 24.8 Å². The van der Waals surface area contributed by atoms with Crippen molar-refractivity contribution in [2.24, 2.45) is 0 Å². The van der Waals surface area contributed by atoms with Crippen molar-refractivity contribution in [2.45, 2.75) is 68.8 Å². The fraction of sp³-hybridized carbons (Fsp3) is 0.347. The number of fused-ring (bicyclic) bond motifs is 3. The third-order valence-corrected chi connectivity index (χ3v) is 12.2. The number of benzene rings is 5. The second-order valence-corrected chi connectivity index (χ2v) is 17.3. The summed E-state index contributed by atoms with van der Waals surface area (Å²) in [5, 5.41) is 32.9. The number of carbonyl (C=O) groups is 2. The van der Waals surface area contributed by atoms with E-state index < -0.39 is 34.4 Å². The van der Waals surface area contributed by atoms with Crippen LogP contribution in [-0.4, -0.2) is 73.1 Å². The van der Waals surface area contributed by atoms with Gasteiger partial charge >= 0.3 is 6.09 Å². The highest BCUT2D eigenvalue weighted by molar-refractivity contribution is 5.85. The number of alkyl carbamates (subject to hydrolysis) is 1. The Morgan fingerprint density at radius 2 is 1.42 bits per heavy atom. The number of quaternary nitrogens is 2. The van der Waals surface area contributed by atoms with Gasteiger partial charge in [0.05, 0.1) is 40.7 Å². The second kappa shape index (κ2) is 18.0. The van der Waals surface area contributed by atoms with Gasteiger partial charge in [-0.05, 0) is 95.5 Å². The highest BCUT2D eigenvalue weighted by Gasteiger charge is 2.55. The zero-order valence-electron chi connectivity index (χ0n) is 34.6. The first-order chi connectivity index (χ1) is 28.7. The topological polar surface area (TPSA) is 111 Å². The average Bonchev–Trinajstić information content (AvgIpc) is 3.55. The lowest BCUT2D eigenvalue weighted by atomic mass is 9.84. The van der Waals surface area contributed by atoms with Crippen molar-refractivity contribution in [1.29, 1.82) is 0 Å². The number of halogens is 2. The number of hydrogen-bond donors (Lipinski definition) is 3.